The Morgan fingerprint density at radius 1 is 1.23 bits per heavy atom. The molecule has 31 heavy (non-hydrogen) atoms. The molecule has 0 spiro atoms. The fourth-order valence-corrected chi connectivity index (χ4v) is 5.78. The lowest BCUT2D eigenvalue weighted by molar-refractivity contribution is -0.142. The summed E-state index contributed by atoms with van der Waals surface area (Å²) in [4.78, 5) is 17.5. The minimum absolute atomic E-state index is 0.0554. The third-order valence-electron chi connectivity index (χ3n) is 6.10. The molecule has 0 saturated carbocycles. The van der Waals surface area contributed by atoms with Crippen molar-refractivity contribution in [3.63, 3.8) is 0 Å². The van der Waals surface area contributed by atoms with Crippen LogP contribution < -0.4 is 5.32 Å². The topological polar surface area (TPSA) is 88.1 Å². The van der Waals surface area contributed by atoms with Gasteiger partial charge in [-0.2, -0.15) is 4.31 Å². The number of rotatable bonds is 3. The highest BCUT2D eigenvalue weighted by molar-refractivity contribution is 7.89. The molecule has 2 heterocycles. The Morgan fingerprint density at radius 2 is 1.90 bits per heavy atom. The molecule has 0 amide bonds. The molecule has 1 N–H and O–H groups in total. The minimum Gasteiger partial charge on any atom is -0.468 e. The van der Waals surface area contributed by atoms with Gasteiger partial charge in [0.25, 0.3) is 0 Å². The molecular weight excluding hydrogens is 414 g/mol. The molecule has 0 saturated heterocycles. The van der Waals surface area contributed by atoms with Gasteiger partial charge in [-0.1, -0.05) is 32.9 Å². The second-order valence-electron chi connectivity index (χ2n) is 9.26. The van der Waals surface area contributed by atoms with E-state index in [2.05, 4.69) is 31.1 Å². The first kappa shape index (κ1) is 21.8. The van der Waals surface area contributed by atoms with Crippen LogP contribution in [0.5, 0.6) is 0 Å². The van der Waals surface area contributed by atoms with E-state index < -0.39 is 21.9 Å². The molecule has 0 bridgehead atoms. The highest BCUT2D eigenvalue weighted by Gasteiger charge is 2.42. The lowest BCUT2D eigenvalue weighted by Gasteiger charge is -2.34. The van der Waals surface area contributed by atoms with Crippen molar-refractivity contribution in [1.29, 1.82) is 0 Å². The average Bonchev–Trinajstić information content (AvgIpc) is 3.09. The van der Waals surface area contributed by atoms with Gasteiger partial charge < -0.3 is 10.1 Å². The van der Waals surface area contributed by atoms with Crippen molar-refractivity contribution in [2.75, 3.05) is 20.2 Å². The van der Waals surface area contributed by atoms with Gasteiger partial charge in [-0.05, 0) is 53.7 Å². The zero-order valence-electron chi connectivity index (χ0n) is 18.6. The summed E-state index contributed by atoms with van der Waals surface area (Å²) in [5.41, 5.74) is 4.22. The van der Waals surface area contributed by atoms with E-state index in [9.17, 15) is 13.2 Å². The quantitative estimate of drug-likeness (QED) is 0.726. The van der Waals surface area contributed by atoms with Gasteiger partial charge in [-0.15, -0.1) is 0 Å². The van der Waals surface area contributed by atoms with Crippen molar-refractivity contribution in [3.05, 3.63) is 52.7 Å². The van der Waals surface area contributed by atoms with Crippen LogP contribution in [0.25, 0.3) is 0 Å². The zero-order chi connectivity index (χ0) is 22.6. The summed E-state index contributed by atoms with van der Waals surface area (Å²) in [5, 5.41) is 3.27. The predicted molar refractivity (Wildman–Crippen MR) is 119 cm³/mol. The number of hydrogen-bond acceptors (Lipinski definition) is 6. The molecule has 2 aliphatic heterocycles. The second-order valence-corrected chi connectivity index (χ2v) is 11.2. The van der Waals surface area contributed by atoms with E-state index in [1.807, 2.05) is 25.1 Å². The molecule has 0 radical (unpaired) electrons. The van der Waals surface area contributed by atoms with E-state index in [0.717, 1.165) is 22.4 Å². The molecule has 1 aliphatic carbocycles. The van der Waals surface area contributed by atoms with Crippen LogP contribution in [0.15, 0.2) is 57.1 Å². The van der Waals surface area contributed by atoms with Gasteiger partial charge >= 0.3 is 5.97 Å². The van der Waals surface area contributed by atoms with E-state index in [0.29, 0.717) is 18.7 Å². The van der Waals surface area contributed by atoms with Gasteiger partial charge in [0.05, 0.1) is 23.4 Å². The van der Waals surface area contributed by atoms with E-state index in [-0.39, 0.29) is 23.0 Å². The molecule has 166 valence electrons. The van der Waals surface area contributed by atoms with E-state index in [4.69, 9.17) is 4.74 Å². The van der Waals surface area contributed by atoms with Crippen molar-refractivity contribution in [3.8, 4) is 0 Å². The molecule has 0 fully saturated rings. The number of nitrogens with one attached hydrogen (secondary N) is 1. The molecule has 1 aromatic rings. The number of sulfonamides is 1. The lowest BCUT2D eigenvalue weighted by Crippen LogP contribution is -2.43. The van der Waals surface area contributed by atoms with Crippen molar-refractivity contribution >= 4 is 21.7 Å². The number of carbonyl (C=O) groups is 1. The van der Waals surface area contributed by atoms with Crippen molar-refractivity contribution in [1.82, 2.24) is 9.62 Å². The van der Waals surface area contributed by atoms with Crippen LogP contribution in [-0.4, -0.2) is 50.8 Å². The van der Waals surface area contributed by atoms with Crippen LogP contribution in [0, 0.1) is 5.92 Å². The Bertz CT molecular complexity index is 1110. The minimum atomic E-state index is -3.69. The number of allylic oxidation sites excluding steroid dienone is 2. The van der Waals surface area contributed by atoms with Gasteiger partial charge in [0, 0.05) is 13.1 Å². The normalized spacial score (nSPS) is 24.0. The maximum atomic E-state index is 13.4. The van der Waals surface area contributed by atoms with Gasteiger partial charge in [0.1, 0.15) is 12.1 Å². The number of carbonyl (C=O) groups excluding carboxylic acids is 1. The van der Waals surface area contributed by atoms with E-state index >= 15 is 0 Å². The fraction of sp³-hybridized carbons (Fsp3) is 0.478. The van der Waals surface area contributed by atoms with Gasteiger partial charge in [-0.3, -0.25) is 9.79 Å². The highest BCUT2D eigenvalue weighted by atomic mass is 32.2. The first-order chi connectivity index (χ1) is 14.5. The number of aliphatic imine (C=N–C) groups is 1. The van der Waals surface area contributed by atoms with Crippen LogP contribution >= 0.6 is 0 Å². The Balaban J connectivity index is 1.67. The predicted octanol–water partition coefficient (Wildman–Crippen LogP) is 2.75. The van der Waals surface area contributed by atoms with Crippen LogP contribution in [0.2, 0.25) is 0 Å². The SMILES string of the molecule is COC(=O)[C@H]1C2=NC(C)NC2=CC2=C1CN(S(=O)(=O)c1ccc(C(C)(C)C)cc1)CC2. The first-order valence-electron chi connectivity index (χ1n) is 10.5. The smallest absolute Gasteiger partial charge is 0.319 e. The monoisotopic (exact) mass is 443 g/mol. The standard InChI is InChI=1S/C23H29N3O4S/c1-14-24-19-12-15-10-11-26(13-18(15)20(21(19)25-14)22(27)30-5)31(28,29)17-8-6-16(7-9-17)23(2,3)4/h6-9,12,14,20,24H,10-11,13H2,1-5H3/t14?,20-/m1/s1. The molecule has 4 rings (SSSR count). The summed E-state index contributed by atoms with van der Waals surface area (Å²) in [5.74, 6) is -1.10. The summed E-state index contributed by atoms with van der Waals surface area (Å²) in [6, 6.07) is 7.08. The van der Waals surface area contributed by atoms with Gasteiger partial charge in [-0.25, -0.2) is 8.42 Å². The third-order valence-corrected chi connectivity index (χ3v) is 7.96. The van der Waals surface area contributed by atoms with Crippen LogP contribution in [0.3, 0.4) is 0 Å². The molecule has 1 aromatic carbocycles. The molecular formula is C23H29N3O4S. The summed E-state index contributed by atoms with van der Waals surface area (Å²) in [6.07, 6.45) is 2.41. The maximum absolute atomic E-state index is 13.4. The van der Waals surface area contributed by atoms with Crippen LogP contribution in [-0.2, 0) is 25.0 Å². The summed E-state index contributed by atoms with van der Waals surface area (Å²) < 4.78 is 33.3. The van der Waals surface area contributed by atoms with Crippen molar-refractivity contribution in [2.24, 2.45) is 10.9 Å². The largest absolute Gasteiger partial charge is 0.468 e. The molecule has 0 aromatic heterocycles. The van der Waals surface area contributed by atoms with Crippen molar-refractivity contribution in [2.45, 2.75) is 50.6 Å². The number of ether oxygens (including phenoxy) is 1. The number of nitrogens with zero attached hydrogens (tertiary/aromatic N) is 2. The van der Waals surface area contributed by atoms with Crippen molar-refractivity contribution < 1.29 is 17.9 Å². The Morgan fingerprint density at radius 3 is 2.52 bits per heavy atom. The Labute approximate surface area is 183 Å². The summed E-state index contributed by atoms with van der Waals surface area (Å²) >= 11 is 0. The second kappa shape index (κ2) is 7.60. The lowest BCUT2D eigenvalue weighted by atomic mass is 9.81. The summed E-state index contributed by atoms with van der Waals surface area (Å²) in [6.45, 7) is 8.70. The summed E-state index contributed by atoms with van der Waals surface area (Å²) in [7, 11) is -2.34. The number of esters is 1. The van der Waals surface area contributed by atoms with Crippen LogP contribution in [0.4, 0.5) is 0 Å². The Hall–Kier alpha value is -2.45. The Kier molecular flexibility index (Phi) is 5.34. The molecule has 3 aliphatic rings. The molecule has 2 atom stereocenters. The third kappa shape index (κ3) is 3.83. The number of benzene rings is 1. The van der Waals surface area contributed by atoms with Crippen LogP contribution in [0.1, 0.15) is 39.7 Å². The van der Waals surface area contributed by atoms with E-state index in [1.165, 1.54) is 11.4 Å². The molecule has 7 nitrogen and oxygen atoms in total. The molecule has 1 unspecified atom stereocenters. The number of methoxy groups -OCH3 is 1. The zero-order valence-corrected chi connectivity index (χ0v) is 19.4. The maximum Gasteiger partial charge on any atom is 0.319 e. The molecule has 8 heteroatoms. The van der Waals surface area contributed by atoms with Gasteiger partial charge in [0.2, 0.25) is 10.0 Å². The van der Waals surface area contributed by atoms with Gasteiger partial charge in [0.15, 0.2) is 0 Å². The first-order valence-corrected chi connectivity index (χ1v) is 11.9. The fourth-order valence-electron chi connectivity index (χ4n) is 4.37. The highest BCUT2D eigenvalue weighted by Crippen LogP contribution is 2.37. The number of hydrogen-bond donors (Lipinski definition) is 1. The number of fused-ring (bicyclic) bond motifs is 1. The van der Waals surface area contributed by atoms with E-state index in [1.54, 1.807) is 12.1 Å². The average molecular weight is 444 g/mol.